The molecule has 0 radical (unpaired) electrons. The van der Waals surface area contributed by atoms with Crippen LogP contribution in [0.2, 0.25) is 0 Å². The number of carboxylic acids is 1. The van der Waals surface area contributed by atoms with Crippen molar-refractivity contribution in [3.63, 3.8) is 0 Å². The van der Waals surface area contributed by atoms with Crippen molar-refractivity contribution in [2.24, 2.45) is 0 Å². The molecule has 0 spiro atoms. The predicted octanol–water partition coefficient (Wildman–Crippen LogP) is 3.52. The van der Waals surface area contributed by atoms with Crippen LogP contribution in [-0.4, -0.2) is 28.2 Å². The van der Waals surface area contributed by atoms with Gasteiger partial charge in [0, 0.05) is 10.7 Å². The summed E-state index contributed by atoms with van der Waals surface area (Å²) in [5.41, 5.74) is 0.670. The molecule has 1 aromatic heterocycles. The number of halogens is 1. The number of aromatic carboxylic acids is 1. The van der Waals surface area contributed by atoms with E-state index in [0.717, 1.165) is 0 Å². The van der Waals surface area contributed by atoms with E-state index in [1.54, 1.807) is 30.5 Å². The second-order valence-corrected chi connectivity index (χ2v) is 5.72. The van der Waals surface area contributed by atoms with Crippen LogP contribution < -0.4 is 5.32 Å². The van der Waals surface area contributed by atoms with Crippen molar-refractivity contribution in [2.75, 3.05) is 11.6 Å². The lowest BCUT2D eigenvalue weighted by Gasteiger charge is -2.10. The van der Waals surface area contributed by atoms with E-state index >= 15 is 0 Å². The van der Waals surface area contributed by atoms with Crippen LogP contribution in [0, 0.1) is 0 Å². The molecule has 0 aliphatic heterocycles. The van der Waals surface area contributed by atoms with E-state index in [1.165, 1.54) is 17.8 Å². The average molecular weight is 367 g/mol. The maximum absolute atomic E-state index is 12.3. The lowest BCUT2D eigenvalue weighted by atomic mass is 10.1. The third-order valence-corrected chi connectivity index (χ3v) is 3.87. The second kappa shape index (κ2) is 6.73. The maximum Gasteiger partial charge on any atom is 0.337 e. The van der Waals surface area contributed by atoms with Gasteiger partial charge in [0.15, 0.2) is 0 Å². The van der Waals surface area contributed by atoms with Gasteiger partial charge in [-0.25, -0.2) is 9.78 Å². The van der Waals surface area contributed by atoms with Crippen LogP contribution in [0.25, 0.3) is 0 Å². The standard InChI is InChI=1S/C14H11BrN2O3S/c1-21-13-9(3-2-6-16-13)12(18)17-11-5-4-8(15)7-10(11)14(19)20/h2-7H,1H3,(H,17,18)(H,19,20). The first-order valence-corrected chi connectivity index (χ1v) is 7.88. The number of amides is 1. The maximum atomic E-state index is 12.3. The number of nitrogens with zero attached hydrogens (tertiary/aromatic N) is 1. The van der Waals surface area contributed by atoms with Crippen molar-refractivity contribution in [1.29, 1.82) is 0 Å². The molecule has 2 aromatic rings. The number of anilines is 1. The van der Waals surface area contributed by atoms with Crippen molar-refractivity contribution < 1.29 is 14.7 Å². The van der Waals surface area contributed by atoms with Crippen molar-refractivity contribution in [2.45, 2.75) is 5.03 Å². The Morgan fingerprint density at radius 2 is 2.05 bits per heavy atom. The number of carbonyl (C=O) groups excluding carboxylic acids is 1. The smallest absolute Gasteiger partial charge is 0.337 e. The summed E-state index contributed by atoms with van der Waals surface area (Å²) in [4.78, 5) is 27.6. The van der Waals surface area contributed by atoms with Crippen LogP contribution >= 0.6 is 27.7 Å². The highest BCUT2D eigenvalue weighted by molar-refractivity contribution is 9.10. The molecule has 108 valence electrons. The Kier molecular flexibility index (Phi) is 4.98. The van der Waals surface area contributed by atoms with E-state index in [9.17, 15) is 14.7 Å². The summed E-state index contributed by atoms with van der Waals surface area (Å²) in [5, 5.41) is 12.4. The Balaban J connectivity index is 2.34. The van der Waals surface area contributed by atoms with Gasteiger partial charge < -0.3 is 10.4 Å². The van der Waals surface area contributed by atoms with E-state index in [2.05, 4.69) is 26.2 Å². The van der Waals surface area contributed by atoms with Gasteiger partial charge in [-0.3, -0.25) is 4.79 Å². The van der Waals surface area contributed by atoms with Gasteiger partial charge in [0.1, 0.15) is 5.03 Å². The molecule has 1 aromatic carbocycles. The van der Waals surface area contributed by atoms with Gasteiger partial charge in [0.25, 0.3) is 5.91 Å². The van der Waals surface area contributed by atoms with Gasteiger partial charge in [0.05, 0.1) is 16.8 Å². The summed E-state index contributed by atoms with van der Waals surface area (Å²) in [6.45, 7) is 0. The molecule has 2 N–H and O–H groups in total. The van der Waals surface area contributed by atoms with Gasteiger partial charge in [-0.1, -0.05) is 15.9 Å². The number of rotatable bonds is 4. The molecule has 1 amide bonds. The molecule has 7 heteroatoms. The number of hydrogen-bond donors (Lipinski definition) is 2. The minimum Gasteiger partial charge on any atom is -0.478 e. The van der Waals surface area contributed by atoms with Gasteiger partial charge in [-0.2, -0.15) is 0 Å². The highest BCUT2D eigenvalue weighted by atomic mass is 79.9. The third-order valence-electron chi connectivity index (χ3n) is 2.67. The highest BCUT2D eigenvalue weighted by Gasteiger charge is 2.16. The number of carbonyl (C=O) groups is 2. The number of hydrogen-bond acceptors (Lipinski definition) is 4. The normalized spacial score (nSPS) is 10.2. The fourth-order valence-corrected chi connectivity index (χ4v) is 2.63. The quantitative estimate of drug-likeness (QED) is 0.809. The van der Waals surface area contributed by atoms with Gasteiger partial charge in [0.2, 0.25) is 0 Å². The number of aromatic nitrogens is 1. The van der Waals surface area contributed by atoms with Gasteiger partial charge in [-0.15, -0.1) is 11.8 Å². The number of carboxylic acid groups (broad SMARTS) is 1. The molecule has 0 atom stereocenters. The average Bonchev–Trinajstić information content (AvgIpc) is 2.48. The van der Waals surface area contributed by atoms with Crippen LogP contribution in [0.3, 0.4) is 0 Å². The zero-order valence-corrected chi connectivity index (χ0v) is 13.4. The molecular weight excluding hydrogens is 356 g/mol. The SMILES string of the molecule is CSc1ncccc1C(=O)Nc1ccc(Br)cc1C(=O)O. The van der Waals surface area contributed by atoms with E-state index in [1.807, 2.05) is 6.26 Å². The molecule has 1 heterocycles. The number of thioether (sulfide) groups is 1. The Morgan fingerprint density at radius 1 is 1.29 bits per heavy atom. The number of benzene rings is 1. The van der Waals surface area contributed by atoms with E-state index in [-0.39, 0.29) is 11.3 Å². The minimum atomic E-state index is -1.11. The summed E-state index contributed by atoms with van der Waals surface area (Å²) in [5.74, 6) is -1.50. The van der Waals surface area contributed by atoms with Crippen LogP contribution in [0.4, 0.5) is 5.69 Å². The van der Waals surface area contributed by atoms with E-state index in [0.29, 0.717) is 15.1 Å². The highest BCUT2D eigenvalue weighted by Crippen LogP contribution is 2.23. The Morgan fingerprint density at radius 3 is 2.71 bits per heavy atom. The molecule has 0 unspecified atom stereocenters. The Labute approximate surface area is 133 Å². The topological polar surface area (TPSA) is 79.3 Å². The molecule has 5 nitrogen and oxygen atoms in total. The number of pyridine rings is 1. The van der Waals surface area contributed by atoms with Gasteiger partial charge >= 0.3 is 5.97 Å². The van der Waals surface area contributed by atoms with E-state index < -0.39 is 11.9 Å². The van der Waals surface area contributed by atoms with Crippen LogP contribution in [0.1, 0.15) is 20.7 Å². The van der Waals surface area contributed by atoms with Crippen molar-refractivity contribution >= 4 is 45.3 Å². The lowest BCUT2D eigenvalue weighted by Crippen LogP contribution is -2.16. The lowest BCUT2D eigenvalue weighted by molar-refractivity contribution is 0.0698. The first kappa shape index (κ1) is 15.5. The molecule has 0 saturated carbocycles. The Bertz CT molecular complexity index is 706. The summed E-state index contributed by atoms with van der Waals surface area (Å²) in [6.07, 6.45) is 3.42. The first-order valence-electron chi connectivity index (χ1n) is 5.86. The Hall–Kier alpha value is -1.86. The molecule has 0 fully saturated rings. The molecule has 2 rings (SSSR count). The fraction of sp³-hybridized carbons (Fsp3) is 0.0714. The largest absolute Gasteiger partial charge is 0.478 e. The van der Waals surface area contributed by atoms with Crippen molar-refractivity contribution in [1.82, 2.24) is 4.98 Å². The number of nitrogens with one attached hydrogen (secondary N) is 1. The molecule has 21 heavy (non-hydrogen) atoms. The monoisotopic (exact) mass is 366 g/mol. The zero-order valence-electron chi connectivity index (χ0n) is 11.0. The van der Waals surface area contributed by atoms with Crippen LogP contribution in [0.15, 0.2) is 46.0 Å². The summed E-state index contributed by atoms with van der Waals surface area (Å²) >= 11 is 4.56. The predicted molar refractivity (Wildman–Crippen MR) is 85.1 cm³/mol. The first-order chi connectivity index (χ1) is 10.0. The molecule has 0 saturated heterocycles. The van der Waals surface area contributed by atoms with Crippen LogP contribution in [0.5, 0.6) is 0 Å². The fourth-order valence-electron chi connectivity index (χ4n) is 1.72. The van der Waals surface area contributed by atoms with Crippen molar-refractivity contribution in [3.05, 3.63) is 52.1 Å². The summed E-state index contributed by atoms with van der Waals surface area (Å²) in [7, 11) is 0. The summed E-state index contributed by atoms with van der Waals surface area (Å²) < 4.78 is 0.629. The molecule has 0 bridgehead atoms. The van der Waals surface area contributed by atoms with Crippen molar-refractivity contribution in [3.8, 4) is 0 Å². The zero-order chi connectivity index (χ0) is 15.4. The molecule has 0 aliphatic rings. The third kappa shape index (κ3) is 3.62. The van der Waals surface area contributed by atoms with E-state index in [4.69, 9.17) is 0 Å². The second-order valence-electron chi connectivity index (χ2n) is 4.01. The van der Waals surface area contributed by atoms with Gasteiger partial charge in [-0.05, 0) is 36.6 Å². The molecular formula is C14H11BrN2O3S. The van der Waals surface area contributed by atoms with Crippen LogP contribution in [-0.2, 0) is 0 Å². The summed E-state index contributed by atoms with van der Waals surface area (Å²) in [6, 6.07) is 7.96. The minimum absolute atomic E-state index is 0.0207. The molecule has 0 aliphatic carbocycles.